The average Bonchev–Trinajstić information content (AvgIpc) is 2.70. The van der Waals surface area contributed by atoms with Crippen molar-refractivity contribution >= 4 is 34.2 Å². The molecule has 0 saturated heterocycles. The van der Waals surface area contributed by atoms with E-state index in [1.807, 2.05) is 0 Å². The van der Waals surface area contributed by atoms with Crippen molar-refractivity contribution in [2.45, 2.75) is 6.18 Å². The molecule has 5 N–H and O–H groups in total. The molecule has 0 atom stereocenters. The van der Waals surface area contributed by atoms with Crippen LogP contribution >= 0.6 is 0 Å². The second-order valence-electron chi connectivity index (χ2n) is 4.37. The first kappa shape index (κ1) is 14.7. The third-order valence-corrected chi connectivity index (χ3v) is 2.99. The van der Waals surface area contributed by atoms with E-state index in [4.69, 9.17) is 11.5 Å². The number of alkyl halides is 3. The monoisotopic (exact) mass is 300 g/mol. The van der Waals surface area contributed by atoms with Gasteiger partial charge in [0.25, 0.3) is 5.91 Å². The number of halogens is 3. The van der Waals surface area contributed by atoms with Crippen molar-refractivity contribution in [1.29, 1.82) is 0 Å². The maximum Gasteiger partial charge on any atom is 0.471 e. The lowest BCUT2D eigenvalue weighted by atomic mass is 10.1. The highest BCUT2D eigenvalue weighted by atomic mass is 19.4. The molecule has 2 rings (SSSR count). The summed E-state index contributed by atoms with van der Waals surface area (Å²) in [6.07, 6.45) is -4.98. The van der Waals surface area contributed by atoms with Gasteiger partial charge in [-0.1, -0.05) is 0 Å². The minimum atomic E-state index is -4.98. The number of carbonyl (C=O) groups excluding carboxylic acids is 2. The van der Waals surface area contributed by atoms with Crippen molar-refractivity contribution in [2.75, 3.05) is 17.7 Å². The van der Waals surface area contributed by atoms with Crippen LogP contribution in [0.4, 0.5) is 24.7 Å². The van der Waals surface area contributed by atoms with Crippen LogP contribution in [-0.4, -0.2) is 30.0 Å². The van der Waals surface area contributed by atoms with Gasteiger partial charge in [-0.3, -0.25) is 9.59 Å². The molecule has 0 saturated carbocycles. The number of hydrogen-bond acceptors (Lipinski definition) is 3. The Balaban J connectivity index is 2.50. The topological polar surface area (TPSA) is 105 Å². The summed E-state index contributed by atoms with van der Waals surface area (Å²) in [7, 11) is 0.998. The standard InChI is InChI=1S/C12H11F3N4O2/c1-19(11(21)12(13,14)15)5-2-3-6-7(4-5)18-9(16)8(6)10(17)20/h2-4,18H,16H2,1H3,(H2,17,20). The molecule has 0 spiro atoms. The van der Waals surface area contributed by atoms with Crippen molar-refractivity contribution in [3.8, 4) is 0 Å². The highest BCUT2D eigenvalue weighted by Gasteiger charge is 2.41. The number of H-pyrrole nitrogens is 1. The maximum absolute atomic E-state index is 12.4. The molecule has 0 aliphatic heterocycles. The van der Waals surface area contributed by atoms with Crippen molar-refractivity contribution in [2.24, 2.45) is 5.73 Å². The van der Waals surface area contributed by atoms with E-state index in [2.05, 4.69) is 4.98 Å². The molecule has 1 aromatic carbocycles. The number of benzene rings is 1. The summed E-state index contributed by atoms with van der Waals surface area (Å²) in [5, 5.41) is 0.372. The molecule has 0 bridgehead atoms. The molecule has 1 heterocycles. The van der Waals surface area contributed by atoms with Gasteiger partial charge in [0, 0.05) is 23.6 Å². The summed E-state index contributed by atoms with van der Waals surface area (Å²) < 4.78 is 37.2. The van der Waals surface area contributed by atoms with E-state index in [9.17, 15) is 22.8 Å². The third kappa shape index (κ3) is 2.49. The summed E-state index contributed by atoms with van der Waals surface area (Å²) >= 11 is 0. The first-order valence-electron chi connectivity index (χ1n) is 5.69. The van der Waals surface area contributed by atoms with E-state index in [-0.39, 0.29) is 17.1 Å². The number of amides is 2. The fraction of sp³-hybridized carbons (Fsp3) is 0.167. The lowest BCUT2D eigenvalue weighted by Crippen LogP contribution is -2.38. The normalized spacial score (nSPS) is 11.6. The van der Waals surface area contributed by atoms with Crippen LogP contribution < -0.4 is 16.4 Å². The molecule has 0 unspecified atom stereocenters. The fourth-order valence-electron chi connectivity index (χ4n) is 1.99. The summed E-state index contributed by atoms with van der Waals surface area (Å²) in [6, 6.07) is 3.92. The van der Waals surface area contributed by atoms with E-state index in [1.54, 1.807) is 0 Å². The highest BCUT2D eigenvalue weighted by molar-refractivity contribution is 6.11. The molecule has 2 aromatic rings. The van der Waals surface area contributed by atoms with Crippen LogP contribution in [0.15, 0.2) is 18.2 Å². The summed E-state index contributed by atoms with van der Waals surface area (Å²) in [5.74, 6) is -2.75. The van der Waals surface area contributed by atoms with Crippen molar-refractivity contribution in [3.05, 3.63) is 23.8 Å². The van der Waals surface area contributed by atoms with Crippen LogP contribution in [0.1, 0.15) is 10.4 Å². The number of rotatable bonds is 2. The Bertz CT molecular complexity index is 736. The summed E-state index contributed by atoms with van der Waals surface area (Å²) in [5.41, 5.74) is 11.1. The number of nitrogens with zero attached hydrogens (tertiary/aromatic N) is 1. The van der Waals surface area contributed by atoms with Gasteiger partial charge in [0.2, 0.25) is 0 Å². The number of nitrogens with one attached hydrogen (secondary N) is 1. The van der Waals surface area contributed by atoms with Gasteiger partial charge in [0.1, 0.15) is 5.82 Å². The number of aromatic nitrogens is 1. The van der Waals surface area contributed by atoms with E-state index >= 15 is 0 Å². The highest BCUT2D eigenvalue weighted by Crippen LogP contribution is 2.29. The minimum absolute atomic E-state index is 0.00194. The second-order valence-corrected chi connectivity index (χ2v) is 4.37. The largest absolute Gasteiger partial charge is 0.471 e. The Labute approximate surface area is 116 Å². The Hall–Kier alpha value is -2.71. The molecule has 6 nitrogen and oxygen atoms in total. The first-order chi connectivity index (χ1) is 9.62. The van der Waals surface area contributed by atoms with E-state index < -0.39 is 18.0 Å². The number of primary amides is 1. The smallest absolute Gasteiger partial charge is 0.385 e. The lowest BCUT2D eigenvalue weighted by Gasteiger charge is -2.18. The molecular weight excluding hydrogens is 289 g/mol. The molecule has 112 valence electrons. The van der Waals surface area contributed by atoms with Gasteiger partial charge in [-0.25, -0.2) is 0 Å². The van der Waals surface area contributed by atoms with Crippen LogP contribution in [0.25, 0.3) is 10.9 Å². The van der Waals surface area contributed by atoms with Crippen molar-refractivity contribution < 1.29 is 22.8 Å². The number of hydrogen-bond donors (Lipinski definition) is 3. The second kappa shape index (κ2) is 4.69. The Morgan fingerprint density at radius 3 is 2.43 bits per heavy atom. The Morgan fingerprint density at radius 2 is 1.90 bits per heavy atom. The van der Waals surface area contributed by atoms with Gasteiger partial charge in [0.05, 0.1) is 5.56 Å². The Kier molecular flexibility index (Phi) is 3.28. The third-order valence-electron chi connectivity index (χ3n) is 2.99. The average molecular weight is 300 g/mol. The zero-order chi connectivity index (χ0) is 15.9. The minimum Gasteiger partial charge on any atom is -0.385 e. The molecule has 0 aliphatic rings. The zero-order valence-electron chi connectivity index (χ0n) is 10.8. The summed E-state index contributed by atoms with van der Waals surface area (Å²) in [6.45, 7) is 0. The van der Waals surface area contributed by atoms with Crippen molar-refractivity contribution in [1.82, 2.24) is 4.98 Å². The maximum atomic E-state index is 12.4. The SMILES string of the molecule is CN(C(=O)C(F)(F)F)c1ccc2c(C(N)=O)c(N)[nH]c2c1. The molecule has 0 aliphatic carbocycles. The number of carbonyl (C=O) groups is 2. The number of nitrogen functional groups attached to an aromatic ring is 1. The van der Waals surface area contributed by atoms with Crippen LogP contribution in [-0.2, 0) is 4.79 Å². The molecule has 1 aromatic heterocycles. The first-order valence-corrected chi connectivity index (χ1v) is 5.69. The van der Waals surface area contributed by atoms with E-state index in [0.717, 1.165) is 7.05 Å². The van der Waals surface area contributed by atoms with E-state index in [0.29, 0.717) is 15.8 Å². The fourth-order valence-corrected chi connectivity index (χ4v) is 1.99. The zero-order valence-corrected chi connectivity index (χ0v) is 10.8. The van der Waals surface area contributed by atoms with Gasteiger partial charge >= 0.3 is 12.1 Å². The Morgan fingerprint density at radius 1 is 1.29 bits per heavy atom. The molecule has 9 heteroatoms. The van der Waals surface area contributed by atoms with E-state index in [1.165, 1.54) is 18.2 Å². The van der Waals surface area contributed by atoms with Gasteiger partial charge in [-0.2, -0.15) is 13.2 Å². The number of nitrogens with two attached hydrogens (primary N) is 2. The lowest BCUT2D eigenvalue weighted by molar-refractivity contribution is -0.170. The van der Waals surface area contributed by atoms with Crippen LogP contribution in [0.2, 0.25) is 0 Å². The number of anilines is 2. The predicted octanol–water partition coefficient (Wildman–Crippen LogP) is 1.37. The van der Waals surface area contributed by atoms with Crippen LogP contribution in [0.3, 0.4) is 0 Å². The predicted molar refractivity (Wildman–Crippen MR) is 70.7 cm³/mol. The van der Waals surface area contributed by atoms with Gasteiger partial charge in [0.15, 0.2) is 0 Å². The quantitative estimate of drug-likeness (QED) is 0.780. The molecule has 21 heavy (non-hydrogen) atoms. The molecule has 0 fully saturated rings. The van der Waals surface area contributed by atoms with Gasteiger partial charge in [-0.15, -0.1) is 0 Å². The molecule has 0 radical (unpaired) electrons. The van der Waals surface area contributed by atoms with Crippen molar-refractivity contribution in [3.63, 3.8) is 0 Å². The molecular formula is C12H11F3N4O2. The number of aromatic amines is 1. The number of fused-ring (bicyclic) bond motifs is 1. The van der Waals surface area contributed by atoms with Gasteiger partial charge < -0.3 is 21.4 Å². The van der Waals surface area contributed by atoms with Gasteiger partial charge in [-0.05, 0) is 18.2 Å². The summed E-state index contributed by atoms with van der Waals surface area (Å²) in [4.78, 5) is 25.5. The van der Waals surface area contributed by atoms with Crippen LogP contribution in [0, 0.1) is 0 Å². The molecule has 2 amide bonds. The van der Waals surface area contributed by atoms with Crippen LogP contribution in [0.5, 0.6) is 0 Å².